The third-order valence-electron chi connectivity index (χ3n) is 3.87. The summed E-state index contributed by atoms with van der Waals surface area (Å²) in [6.45, 7) is 1.14. The van der Waals surface area contributed by atoms with Crippen molar-refractivity contribution in [2.75, 3.05) is 18.0 Å². The van der Waals surface area contributed by atoms with E-state index < -0.39 is 11.6 Å². The zero-order valence-corrected chi connectivity index (χ0v) is 11.3. The van der Waals surface area contributed by atoms with Gasteiger partial charge in [0, 0.05) is 31.5 Å². The molecule has 0 atom stereocenters. The molecule has 1 aliphatic heterocycles. The maximum atomic E-state index is 14.0. The van der Waals surface area contributed by atoms with E-state index in [1.165, 1.54) is 0 Å². The van der Waals surface area contributed by atoms with Crippen LogP contribution in [0.5, 0.6) is 0 Å². The van der Waals surface area contributed by atoms with Crippen LogP contribution in [0.2, 0.25) is 0 Å². The van der Waals surface area contributed by atoms with Crippen LogP contribution in [0.25, 0.3) is 0 Å². The van der Waals surface area contributed by atoms with Gasteiger partial charge in [-0.05, 0) is 25.0 Å². The van der Waals surface area contributed by atoms with Crippen LogP contribution in [-0.2, 0) is 0 Å². The van der Waals surface area contributed by atoms with Crippen molar-refractivity contribution in [3.05, 3.63) is 48.1 Å². The van der Waals surface area contributed by atoms with Crippen LogP contribution in [0, 0.1) is 23.0 Å². The van der Waals surface area contributed by atoms with Gasteiger partial charge in [-0.3, -0.25) is 0 Å². The Labute approximate surface area is 121 Å². The molecular weight excluding hydrogens is 274 g/mol. The van der Waals surface area contributed by atoms with Crippen LogP contribution in [-0.4, -0.2) is 22.6 Å². The Kier molecular flexibility index (Phi) is 3.57. The molecule has 1 aromatic heterocycles. The van der Waals surface area contributed by atoms with Gasteiger partial charge in [-0.1, -0.05) is 0 Å². The summed E-state index contributed by atoms with van der Waals surface area (Å²) in [6, 6.07) is 4.24. The van der Waals surface area contributed by atoms with Crippen LogP contribution < -0.4 is 4.90 Å². The highest BCUT2D eigenvalue weighted by atomic mass is 19.1. The van der Waals surface area contributed by atoms with E-state index in [0.29, 0.717) is 19.1 Å². The van der Waals surface area contributed by atoms with Crippen molar-refractivity contribution in [1.29, 1.82) is 5.26 Å². The molecule has 0 spiro atoms. The molecule has 1 saturated heterocycles. The summed E-state index contributed by atoms with van der Waals surface area (Å²) in [5, 5.41) is 8.72. The first kappa shape index (κ1) is 13.6. The second-order valence-corrected chi connectivity index (χ2v) is 5.13. The largest absolute Gasteiger partial charge is 0.367 e. The van der Waals surface area contributed by atoms with Crippen LogP contribution in [0.1, 0.15) is 24.4 Å². The predicted octanol–water partition coefficient (Wildman–Crippen LogP) is 2.87. The minimum atomic E-state index is -0.673. The fraction of sp³-hybridized carbons (Fsp3) is 0.333. The molecule has 0 bridgehead atoms. The van der Waals surface area contributed by atoms with E-state index >= 15 is 0 Å². The summed E-state index contributed by atoms with van der Waals surface area (Å²) >= 11 is 0. The normalized spacial score (nSPS) is 16.0. The molecule has 1 aromatic carbocycles. The van der Waals surface area contributed by atoms with E-state index in [-0.39, 0.29) is 11.3 Å². The van der Waals surface area contributed by atoms with Crippen LogP contribution >= 0.6 is 0 Å². The van der Waals surface area contributed by atoms with Gasteiger partial charge in [0.05, 0.1) is 18.0 Å². The second-order valence-electron chi connectivity index (χ2n) is 5.13. The first-order valence-electron chi connectivity index (χ1n) is 6.80. The first-order valence-corrected chi connectivity index (χ1v) is 6.80. The molecule has 0 unspecified atom stereocenters. The molecule has 0 saturated carbocycles. The molecule has 0 radical (unpaired) electrons. The van der Waals surface area contributed by atoms with E-state index in [1.807, 2.05) is 10.8 Å². The van der Waals surface area contributed by atoms with Crippen molar-refractivity contribution in [2.24, 2.45) is 0 Å². The van der Waals surface area contributed by atoms with Crippen LogP contribution in [0.15, 0.2) is 30.9 Å². The summed E-state index contributed by atoms with van der Waals surface area (Å²) in [5.74, 6) is -1.35. The van der Waals surface area contributed by atoms with Gasteiger partial charge < -0.3 is 9.47 Å². The first-order chi connectivity index (χ1) is 10.2. The fourth-order valence-corrected chi connectivity index (χ4v) is 2.81. The summed E-state index contributed by atoms with van der Waals surface area (Å²) in [5.41, 5.74) is -0.0277. The number of rotatable bonds is 2. The highest BCUT2D eigenvalue weighted by Crippen LogP contribution is 2.30. The third-order valence-corrected chi connectivity index (χ3v) is 3.87. The Morgan fingerprint density at radius 2 is 1.86 bits per heavy atom. The minimum absolute atomic E-state index is 0.00190. The molecule has 0 amide bonds. The van der Waals surface area contributed by atoms with Crippen molar-refractivity contribution in [3.63, 3.8) is 0 Å². The van der Waals surface area contributed by atoms with Crippen molar-refractivity contribution in [3.8, 4) is 6.07 Å². The Bertz CT molecular complexity index is 644. The monoisotopic (exact) mass is 288 g/mol. The van der Waals surface area contributed by atoms with Gasteiger partial charge in [0.25, 0.3) is 0 Å². The van der Waals surface area contributed by atoms with Gasteiger partial charge >= 0.3 is 0 Å². The molecule has 1 fully saturated rings. The van der Waals surface area contributed by atoms with Gasteiger partial charge in [-0.15, -0.1) is 0 Å². The standard InChI is InChI=1S/C15H14F2N4/c16-13-7-11(9-18)8-14(17)15(13)20-4-1-12(2-5-20)21-6-3-19-10-21/h3,6-8,10,12H,1-2,4-5H2. The van der Waals surface area contributed by atoms with Gasteiger partial charge in [0.15, 0.2) is 11.6 Å². The Hall–Kier alpha value is -2.42. The highest BCUT2D eigenvalue weighted by molar-refractivity contribution is 5.52. The molecule has 2 heterocycles. The molecule has 0 N–H and O–H groups in total. The lowest BCUT2D eigenvalue weighted by atomic mass is 10.0. The van der Waals surface area contributed by atoms with E-state index in [9.17, 15) is 8.78 Å². The number of nitrogens with zero attached hydrogens (tertiary/aromatic N) is 4. The average molecular weight is 288 g/mol. The average Bonchev–Trinajstić information content (AvgIpc) is 3.01. The summed E-state index contributed by atoms with van der Waals surface area (Å²) < 4.78 is 30.0. The number of hydrogen-bond donors (Lipinski definition) is 0. The molecule has 108 valence electrons. The topological polar surface area (TPSA) is 44.9 Å². The third kappa shape index (κ3) is 2.59. The van der Waals surface area contributed by atoms with Crippen LogP contribution in [0.4, 0.5) is 14.5 Å². The number of anilines is 1. The maximum absolute atomic E-state index is 14.0. The zero-order valence-electron chi connectivity index (χ0n) is 11.3. The minimum Gasteiger partial charge on any atom is -0.367 e. The second kappa shape index (κ2) is 5.52. The fourth-order valence-electron chi connectivity index (χ4n) is 2.81. The summed E-state index contributed by atoms with van der Waals surface area (Å²) in [4.78, 5) is 5.73. The number of piperidine rings is 1. The van der Waals surface area contributed by atoms with Gasteiger partial charge in [-0.25, -0.2) is 13.8 Å². The van der Waals surface area contributed by atoms with Crippen molar-refractivity contribution in [1.82, 2.24) is 9.55 Å². The molecule has 0 aliphatic carbocycles. The molecule has 1 aliphatic rings. The van der Waals surface area contributed by atoms with Crippen molar-refractivity contribution in [2.45, 2.75) is 18.9 Å². The Morgan fingerprint density at radius 1 is 1.19 bits per heavy atom. The summed E-state index contributed by atoms with van der Waals surface area (Å²) in [6.07, 6.45) is 7.00. The molecule has 21 heavy (non-hydrogen) atoms. The maximum Gasteiger partial charge on any atom is 0.150 e. The number of halogens is 2. The summed E-state index contributed by atoms with van der Waals surface area (Å²) in [7, 11) is 0. The number of benzene rings is 1. The quantitative estimate of drug-likeness (QED) is 0.853. The number of hydrogen-bond acceptors (Lipinski definition) is 3. The number of imidazole rings is 1. The smallest absolute Gasteiger partial charge is 0.150 e. The highest BCUT2D eigenvalue weighted by Gasteiger charge is 2.24. The number of aromatic nitrogens is 2. The van der Waals surface area contributed by atoms with Crippen molar-refractivity contribution < 1.29 is 8.78 Å². The molecule has 6 heteroatoms. The number of nitriles is 1. The molecule has 4 nitrogen and oxygen atoms in total. The predicted molar refractivity (Wildman–Crippen MR) is 73.8 cm³/mol. The molecular formula is C15H14F2N4. The Morgan fingerprint density at radius 3 is 2.38 bits per heavy atom. The van der Waals surface area contributed by atoms with Crippen molar-refractivity contribution >= 4 is 5.69 Å². The van der Waals surface area contributed by atoms with Crippen LogP contribution in [0.3, 0.4) is 0 Å². The van der Waals surface area contributed by atoms with E-state index in [0.717, 1.165) is 25.0 Å². The van der Waals surface area contributed by atoms with Gasteiger partial charge in [0.1, 0.15) is 5.69 Å². The van der Waals surface area contributed by atoms with E-state index in [2.05, 4.69) is 4.98 Å². The zero-order chi connectivity index (χ0) is 14.8. The Balaban J connectivity index is 1.77. The molecule has 2 aromatic rings. The van der Waals surface area contributed by atoms with Gasteiger partial charge in [-0.2, -0.15) is 5.26 Å². The lowest BCUT2D eigenvalue weighted by Gasteiger charge is -2.34. The van der Waals surface area contributed by atoms with E-state index in [4.69, 9.17) is 5.26 Å². The lowest BCUT2D eigenvalue weighted by molar-refractivity contribution is 0.391. The van der Waals surface area contributed by atoms with Gasteiger partial charge in [0.2, 0.25) is 0 Å². The van der Waals surface area contributed by atoms with E-state index in [1.54, 1.807) is 23.5 Å². The lowest BCUT2D eigenvalue weighted by Crippen LogP contribution is -2.35. The SMILES string of the molecule is N#Cc1cc(F)c(N2CCC(n3ccnc3)CC2)c(F)c1. The molecule has 3 rings (SSSR count).